The number of carbonyl (C=O) groups excluding carboxylic acids is 1. The fourth-order valence-electron chi connectivity index (χ4n) is 4.09. The molecule has 3 aromatic rings. The lowest BCUT2D eigenvalue weighted by Crippen LogP contribution is -2.22. The first-order chi connectivity index (χ1) is 15.4. The lowest BCUT2D eigenvalue weighted by atomic mass is 9.87. The molecule has 6 heteroatoms. The van der Waals surface area contributed by atoms with Crippen LogP contribution in [0, 0.1) is 13.8 Å². The summed E-state index contributed by atoms with van der Waals surface area (Å²) in [4.78, 5) is 15.1. The summed E-state index contributed by atoms with van der Waals surface area (Å²) in [5.74, 6) is -0.214. The first-order valence-electron chi connectivity index (χ1n) is 10.8. The molecule has 0 atom stereocenters. The van der Waals surface area contributed by atoms with Crippen LogP contribution in [0.25, 0.3) is 5.70 Å². The van der Waals surface area contributed by atoms with E-state index in [0.717, 1.165) is 16.7 Å². The van der Waals surface area contributed by atoms with Gasteiger partial charge in [0.15, 0.2) is 0 Å². The Kier molecular flexibility index (Phi) is 5.45. The highest BCUT2D eigenvalue weighted by atomic mass is 32.2. The van der Waals surface area contributed by atoms with Gasteiger partial charge in [0.25, 0.3) is 15.9 Å². The van der Waals surface area contributed by atoms with E-state index in [0.29, 0.717) is 28.2 Å². The number of hydrogen-bond donors (Lipinski definition) is 1. The number of anilines is 2. The SMILES string of the molecule is C=C1c2c(NS(=O)(=O)c3ccc(C(C)(C)C)cc3)ccc(C)c2C(=O)N1c1cccc(C)c1. The quantitative estimate of drug-likeness (QED) is 0.517. The van der Waals surface area contributed by atoms with Gasteiger partial charge in [-0.1, -0.05) is 57.7 Å². The standard InChI is InChI=1S/C27H28N2O3S/c1-17-8-7-9-21(16-17)29-19(3)25-23(15-10-18(2)24(25)26(29)30)28-33(31,32)22-13-11-20(12-14-22)27(4,5)6/h7-16,28H,3H2,1-2,4-6H3. The van der Waals surface area contributed by atoms with Gasteiger partial charge in [-0.25, -0.2) is 8.42 Å². The maximum absolute atomic E-state index is 13.3. The Bertz CT molecular complexity index is 1380. The van der Waals surface area contributed by atoms with Gasteiger partial charge in [-0.3, -0.25) is 14.4 Å². The minimum Gasteiger partial charge on any atom is -0.279 e. The number of nitrogens with one attached hydrogen (secondary N) is 1. The van der Waals surface area contributed by atoms with Gasteiger partial charge >= 0.3 is 0 Å². The van der Waals surface area contributed by atoms with Crippen LogP contribution in [-0.2, 0) is 15.4 Å². The number of nitrogens with zero attached hydrogens (tertiary/aromatic N) is 1. The average molecular weight is 461 g/mol. The molecule has 0 spiro atoms. The minimum atomic E-state index is -3.86. The second kappa shape index (κ2) is 7.89. The van der Waals surface area contributed by atoms with Gasteiger partial charge in [-0.15, -0.1) is 0 Å². The molecule has 0 aromatic heterocycles. The lowest BCUT2D eigenvalue weighted by Gasteiger charge is -2.20. The van der Waals surface area contributed by atoms with E-state index in [9.17, 15) is 13.2 Å². The molecule has 0 unspecified atom stereocenters. The van der Waals surface area contributed by atoms with Gasteiger partial charge in [0.05, 0.1) is 21.8 Å². The number of carbonyl (C=O) groups is 1. The van der Waals surface area contributed by atoms with E-state index in [1.165, 1.54) is 0 Å². The van der Waals surface area contributed by atoms with Crippen LogP contribution in [0.3, 0.4) is 0 Å². The van der Waals surface area contributed by atoms with E-state index in [4.69, 9.17) is 0 Å². The molecular weight excluding hydrogens is 432 g/mol. The van der Waals surface area contributed by atoms with Crippen molar-refractivity contribution >= 4 is 33.0 Å². The van der Waals surface area contributed by atoms with Crippen molar-refractivity contribution in [2.45, 2.75) is 44.9 Å². The summed E-state index contributed by atoms with van der Waals surface area (Å²) in [6, 6.07) is 17.9. The van der Waals surface area contributed by atoms with E-state index in [1.54, 1.807) is 29.2 Å². The molecular formula is C27H28N2O3S. The van der Waals surface area contributed by atoms with Crippen molar-refractivity contribution in [3.05, 3.63) is 95.1 Å². The zero-order valence-corrected chi connectivity index (χ0v) is 20.4. The highest BCUT2D eigenvalue weighted by Crippen LogP contribution is 2.42. The first kappa shape index (κ1) is 22.8. The molecule has 1 amide bonds. The van der Waals surface area contributed by atoms with Gasteiger partial charge in [0, 0.05) is 11.3 Å². The topological polar surface area (TPSA) is 66.5 Å². The van der Waals surface area contributed by atoms with Crippen molar-refractivity contribution in [2.24, 2.45) is 0 Å². The Hall–Kier alpha value is -3.38. The summed E-state index contributed by atoms with van der Waals surface area (Å²) >= 11 is 0. The van der Waals surface area contributed by atoms with E-state index in [-0.39, 0.29) is 16.2 Å². The molecule has 0 aliphatic carbocycles. The van der Waals surface area contributed by atoms with Crippen molar-refractivity contribution in [1.82, 2.24) is 0 Å². The van der Waals surface area contributed by atoms with Crippen LogP contribution in [0.1, 0.15) is 53.4 Å². The van der Waals surface area contributed by atoms with Crippen LogP contribution in [0.4, 0.5) is 11.4 Å². The zero-order chi connectivity index (χ0) is 24.1. The van der Waals surface area contributed by atoms with Crippen molar-refractivity contribution in [3.63, 3.8) is 0 Å². The molecule has 3 aromatic carbocycles. The molecule has 4 rings (SSSR count). The Morgan fingerprint density at radius 3 is 2.18 bits per heavy atom. The van der Waals surface area contributed by atoms with Gasteiger partial charge < -0.3 is 0 Å². The van der Waals surface area contributed by atoms with E-state index in [1.807, 2.05) is 50.2 Å². The average Bonchev–Trinajstić information content (AvgIpc) is 3.01. The molecule has 1 heterocycles. The largest absolute Gasteiger partial charge is 0.279 e. The van der Waals surface area contributed by atoms with Crippen LogP contribution in [0.2, 0.25) is 0 Å². The van der Waals surface area contributed by atoms with Crippen molar-refractivity contribution in [3.8, 4) is 0 Å². The summed E-state index contributed by atoms with van der Waals surface area (Å²) in [6.07, 6.45) is 0. The van der Waals surface area contributed by atoms with E-state index >= 15 is 0 Å². The summed E-state index contributed by atoms with van der Waals surface area (Å²) in [5.41, 5.74) is 5.21. The van der Waals surface area contributed by atoms with Gasteiger partial charge in [-0.05, 0) is 66.3 Å². The Balaban J connectivity index is 1.74. The molecule has 5 nitrogen and oxygen atoms in total. The molecule has 170 valence electrons. The monoisotopic (exact) mass is 460 g/mol. The predicted molar refractivity (Wildman–Crippen MR) is 134 cm³/mol. The smallest absolute Gasteiger partial charge is 0.263 e. The number of benzene rings is 3. The number of fused-ring (bicyclic) bond motifs is 1. The minimum absolute atomic E-state index is 0.0785. The first-order valence-corrected chi connectivity index (χ1v) is 12.3. The van der Waals surface area contributed by atoms with E-state index in [2.05, 4.69) is 32.1 Å². The number of sulfonamides is 1. The van der Waals surface area contributed by atoms with Crippen molar-refractivity contribution < 1.29 is 13.2 Å². The summed E-state index contributed by atoms with van der Waals surface area (Å²) in [6.45, 7) is 14.2. The summed E-state index contributed by atoms with van der Waals surface area (Å²) < 4.78 is 29.1. The third-order valence-electron chi connectivity index (χ3n) is 5.92. The molecule has 0 fully saturated rings. The van der Waals surface area contributed by atoms with Crippen LogP contribution >= 0.6 is 0 Å². The molecule has 33 heavy (non-hydrogen) atoms. The fraction of sp³-hybridized carbons (Fsp3) is 0.222. The fourth-order valence-corrected chi connectivity index (χ4v) is 5.16. The molecule has 1 N–H and O–H groups in total. The molecule has 1 aliphatic rings. The highest BCUT2D eigenvalue weighted by Gasteiger charge is 2.36. The number of hydrogen-bond acceptors (Lipinski definition) is 3. The van der Waals surface area contributed by atoms with Crippen LogP contribution in [-0.4, -0.2) is 14.3 Å². The third-order valence-corrected chi connectivity index (χ3v) is 7.31. The Morgan fingerprint density at radius 1 is 0.909 bits per heavy atom. The molecule has 0 radical (unpaired) electrons. The normalized spacial score (nSPS) is 13.9. The zero-order valence-electron chi connectivity index (χ0n) is 19.6. The Labute approximate surface area is 195 Å². The van der Waals surface area contributed by atoms with Crippen LogP contribution in [0.5, 0.6) is 0 Å². The van der Waals surface area contributed by atoms with Crippen LogP contribution < -0.4 is 9.62 Å². The van der Waals surface area contributed by atoms with Gasteiger partial charge in [0.1, 0.15) is 0 Å². The van der Waals surface area contributed by atoms with Crippen molar-refractivity contribution in [1.29, 1.82) is 0 Å². The van der Waals surface area contributed by atoms with E-state index < -0.39 is 10.0 Å². The maximum atomic E-state index is 13.3. The predicted octanol–water partition coefficient (Wildman–Crippen LogP) is 6.03. The maximum Gasteiger partial charge on any atom is 0.263 e. The summed E-state index contributed by atoms with van der Waals surface area (Å²) in [7, 11) is -3.86. The molecule has 0 saturated heterocycles. The third kappa shape index (κ3) is 4.07. The molecule has 0 bridgehead atoms. The number of amides is 1. The number of rotatable bonds is 4. The molecule has 1 aliphatic heterocycles. The Morgan fingerprint density at radius 2 is 1.58 bits per heavy atom. The van der Waals surface area contributed by atoms with Gasteiger partial charge in [-0.2, -0.15) is 0 Å². The van der Waals surface area contributed by atoms with Gasteiger partial charge in [0.2, 0.25) is 0 Å². The molecule has 0 saturated carbocycles. The van der Waals surface area contributed by atoms with Crippen molar-refractivity contribution in [2.75, 3.05) is 9.62 Å². The second-order valence-corrected chi connectivity index (χ2v) is 11.2. The highest BCUT2D eigenvalue weighted by molar-refractivity contribution is 7.92. The lowest BCUT2D eigenvalue weighted by molar-refractivity contribution is 0.101. The second-order valence-electron chi connectivity index (χ2n) is 9.49. The number of aryl methyl sites for hydroxylation is 2. The summed E-state index contributed by atoms with van der Waals surface area (Å²) in [5, 5.41) is 0. The van der Waals surface area contributed by atoms with Crippen LogP contribution in [0.15, 0.2) is 72.1 Å².